The summed E-state index contributed by atoms with van der Waals surface area (Å²) in [6.07, 6.45) is 20.0. The second-order valence-corrected chi connectivity index (χ2v) is 5.12. The third-order valence-corrected chi connectivity index (χ3v) is 3.76. The molecule has 1 aromatic carbocycles. The van der Waals surface area contributed by atoms with Gasteiger partial charge < -0.3 is 0 Å². The lowest BCUT2D eigenvalue weighted by Crippen LogP contribution is -1.90. The van der Waals surface area contributed by atoms with Crippen LogP contribution in [0.15, 0.2) is 90.3 Å². The Labute approximate surface area is 126 Å². The van der Waals surface area contributed by atoms with E-state index in [2.05, 4.69) is 73.4 Å². The van der Waals surface area contributed by atoms with Crippen molar-refractivity contribution in [2.45, 2.75) is 13.3 Å². The number of allylic oxidation sites excluding steroid dienone is 11. The zero-order chi connectivity index (χ0) is 14.5. The number of benzene rings is 1. The van der Waals surface area contributed by atoms with Gasteiger partial charge >= 0.3 is 0 Å². The molecule has 0 amide bonds. The van der Waals surface area contributed by atoms with E-state index in [1.54, 1.807) is 0 Å². The molecule has 0 aliphatic heterocycles. The van der Waals surface area contributed by atoms with E-state index in [-0.39, 0.29) is 0 Å². The zero-order valence-corrected chi connectivity index (χ0v) is 12.2. The molecule has 0 heteroatoms. The van der Waals surface area contributed by atoms with E-state index in [1.165, 1.54) is 27.8 Å². The fourth-order valence-electron chi connectivity index (χ4n) is 2.52. The number of hydrogen-bond donors (Lipinski definition) is 0. The molecule has 0 heterocycles. The molecule has 0 nitrogen and oxygen atoms in total. The first-order valence-corrected chi connectivity index (χ1v) is 7.30. The molecule has 21 heavy (non-hydrogen) atoms. The van der Waals surface area contributed by atoms with Crippen LogP contribution < -0.4 is 0 Å². The standard InChI is InChI=1S/C21H18/c1-2-17-12-14-19(15-13-17)21-11-7-10-20(16-21)18-8-5-3-4-6-9-18/h2-3,5-12,14-16H,13H2,1H3. The van der Waals surface area contributed by atoms with Crippen LogP contribution in [0.1, 0.15) is 24.5 Å². The summed E-state index contributed by atoms with van der Waals surface area (Å²) in [5, 5.41) is 0. The molecule has 102 valence electrons. The molecule has 1 aromatic rings. The summed E-state index contributed by atoms with van der Waals surface area (Å²) < 4.78 is 0. The summed E-state index contributed by atoms with van der Waals surface area (Å²) in [5.74, 6) is 0. The van der Waals surface area contributed by atoms with Gasteiger partial charge in [-0.05, 0) is 65.5 Å². The fourth-order valence-corrected chi connectivity index (χ4v) is 2.52. The smallest absolute Gasteiger partial charge is 0.00915 e. The van der Waals surface area contributed by atoms with Crippen LogP contribution in [0, 0.1) is 0 Å². The summed E-state index contributed by atoms with van der Waals surface area (Å²) in [6.45, 7) is 2.09. The van der Waals surface area contributed by atoms with Gasteiger partial charge in [0, 0.05) is 0 Å². The van der Waals surface area contributed by atoms with Crippen molar-refractivity contribution in [3.05, 3.63) is 101 Å². The van der Waals surface area contributed by atoms with E-state index in [0.717, 1.165) is 6.42 Å². The van der Waals surface area contributed by atoms with Crippen LogP contribution in [0.4, 0.5) is 0 Å². The van der Waals surface area contributed by atoms with E-state index in [1.807, 2.05) is 18.2 Å². The van der Waals surface area contributed by atoms with Gasteiger partial charge in [0.05, 0.1) is 0 Å². The highest BCUT2D eigenvalue weighted by atomic mass is 14.1. The maximum absolute atomic E-state index is 3.09. The highest BCUT2D eigenvalue weighted by Gasteiger charge is 2.05. The lowest BCUT2D eigenvalue weighted by molar-refractivity contribution is 1.25. The van der Waals surface area contributed by atoms with Gasteiger partial charge in [0.1, 0.15) is 0 Å². The average molecular weight is 270 g/mol. The Bertz CT molecular complexity index is 755. The quantitative estimate of drug-likeness (QED) is 0.610. The molecule has 0 spiro atoms. The molecule has 2 aliphatic rings. The minimum absolute atomic E-state index is 1.02. The van der Waals surface area contributed by atoms with E-state index in [9.17, 15) is 0 Å². The number of hydrogen-bond acceptors (Lipinski definition) is 0. The Balaban J connectivity index is 1.91. The van der Waals surface area contributed by atoms with Crippen LogP contribution in [-0.4, -0.2) is 0 Å². The van der Waals surface area contributed by atoms with E-state index in [4.69, 9.17) is 0 Å². The van der Waals surface area contributed by atoms with Crippen LogP contribution in [-0.2, 0) is 0 Å². The molecule has 2 aliphatic carbocycles. The third kappa shape index (κ3) is 3.13. The summed E-state index contributed by atoms with van der Waals surface area (Å²) in [6, 6.07) is 8.71. The predicted octanol–water partition coefficient (Wildman–Crippen LogP) is 5.64. The molecule has 0 aromatic heterocycles. The van der Waals surface area contributed by atoms with Gasteiger partial charge in [-0.25, -0.2) is 0 Å². The van der Waals surface area contributed by atoms with Crippen LogP contribution in [0.5, 0.6) is 0 Å². The van der Waals surface area contributed by atoms with E-state index in [0.29, 0.717) is 0 Å². The maximum atomic E-state index is 3.09. The van der Waals surface area contributed by atoms with Crippen LogP contribution in [0.25, 0.3) is 11.1 Å². The van der Waals surface area contributed by atoms with Crippen molar-refractivity contribution in [1.29, 1.82) is 0 Å². The molecule has 0 saturated carbocycles. The Kier molecular flexibility index (Phi) is 4.00. The van der Waals surface area contributed by atoms with Gasteiger partial charge in [0.2, 0.25) is 0 Å². The molecular formula is C21H18. The van der Waals surface area contributed by atoms with Crippen molar-refractivity contribution >= 4 is 11.1 Å². The topological polar surface area (TPSA) is 0 Å². The highest BCUT2D eigenvalue weighted by Crippen LogP contribution is 2.27. The normalized spacial score (nSPS) is 18.6. The molecule has 0 bridgehead atoms. The van der Waals surface area contributed by atoms with Gasteiger partial charge in [-0.1, -0.05) is 54.7 Å². The van der Waals surface area contributed by atoms with Crippen LogP contribution in [0.2, 0.25) is 0 Å². The second-order valence-electron chi connectivity index (χ2n) is 5.12. The first-order chi connectivity index (χ1) is 10.4. The van der Waals surface area contributed by atoms with Gasteiger partial charge in [-0.3, -0.25) is 0 Å². The minimum atomic E-state index is 1.02. The number of rotatable bonds is 2. The van der Waals surface area contributed by atoms with Crippen molar-refractivity contribution in [3.8, 4) is 0 Å². The minimum Gasteiger partial charge on any atom is -0.121 e. The molecular weight excluding hydrogens is 252 g/mol. The average Bonchev–Trinajstić information content (AvgIpc) is 2.84. The molecule has 0 atom stereocenters. The van der Waals surface area contributed by atoms with Crippen LogP contribution in [0.3, 0.4) is 0 Å². The molecule has 0 radical (unpaired) electrons. The lowest BCUT2D eigenvalue weighted by atomic mass is 9.94. The zero-order valence-electron chi connectivity index (χ0n) is 12.2. The molecule has 0 N–H and O–H groups in total. The summed E-state index contributed by atoms with van der Waals surface area (Å²) in [7, 11) is 0. The van der Waals surface area contributed by atoms with Gasteiger partial charge in [0.15, 0.2) is 0 Å². The first kappa shape index (κ1) is 13.4. The van der Waals surface area contributed by atoms with Crippen molar-refractivity contribution in [3.63, 3.8) is 0 Å². The summed E-state index contributed by atoms with van der Waals surface area (Å²) in [4.78, 5) is 0. The second kappa shape index (κ2) is 6.26. The third-order valence-electron chi connectivity index (χ3n) is 3.76. The van der Waals surface area contributed by atoms with Gasteiger partial charge in [-0.2, -0.15) is 0 Å². The molecule has 0 saturated heterocycles. The van der Waals surface area contributed by atoms with Crippen molar-refractivity contribution in [2.75, 3.05) is 0 Å². The largest absolute Gasteiger partial charge is 0.121 e. The van der Waals surface area contributed by atoms with E-state index >= 15 is 0 Å². The fraction of sp³-hybridized carbons (Fsp3) is 0.0952. The molecule has 0 fully saturated rings. The van der Waals surface area contributed by atoms with E-state index < -0.39 is 0 Å². The monoisotopic (exact) mass is 270 g/mol. The van der Waals surface area contributed by atoms with Crippen molar-refractivity contribution in [1.82, 2.24) is 0 Å². The first-order valence-electron chi connectivity index (χ1n) is 7.30. The van der Waals surface area contributed by atoms with Crippen LogP contribution >= 0.6 is 0 Å². The van der Waals surface area contributed by atoms with Crippen molar-refractivity contribution < 1.29 is 0 Å². The summed E-state index contributed by atoms with van der Waals surface area (Å²) >= 11 is 0. The highest BCUT2D eigenvalue weighted by molar-refractivity contribution is 5.81. The Morgan fingerprint density at radius 3 is 2.62 bits per heavy atom. The van der Waals surface area contributed by atoms with Gasteiger partial charge in [0.25, 0.3) is 0 Å². The molecule has 3 rings (SSSR count). The van der Waals surface area contributed by atoms with Crippen molar-refractivity contribution in [2.24, 2.45) is 0 Å². The maximum Gasteiger partial charge on any atom is -0.00915 e. The summed E-state index contributed by atoms with van der Waals surface area (Å²) in [5.41, 5.74) is 9.50. The van der Waals surface area contributed by atoms with Gasteiger partial charge in [-0.15, -0.1) is 5.73 Å². The SMILES string of the molecule is CC=C1C=CC(c2cccc(C3=CC=C=CC=C3)c2)=CC1. The Morgan fingerprint density at radius 2 is 1.86 bits per heavy atom. The Hall–Kier alpha value is -2.56. The lowest BCUT2D eigenvalue weighted by Gasteiger charge is -2.11. The predicted molar refractivity (Wildman–Crippen MR) is 91.7 cm³/mol. The molecule has 0 unspecified atom stereocenters. The Morgan fingerprint density at radius 1 is 1.00 bits per heavy atom.